The maximum Gasteiger partial charge on any atom is 0.305 e. The topological polar surface area (TPSA) is 96.7 Å². The number of halogens is 1. The lowest BCUT2D eigenvalue weighted by molar-refractivity contribution is -0.138. The molecule has 0 saturated heterocycles. The van der Waals surface area contributed by atoms with Crippen molar-refractivity contribution < 1.29 is 28.5 Å². The molecule has 0 saturated carbocycles. The summed E-state index contributed by atoms with van der Waals surface area (Å²) >= 11 is 0. The number of rotatable bonds is 11. The Labute approximate surface area is 217 Å². The fourth-order valence-corrected chi connectivity index (χ4v) is 5.82. The van der Waals surface area contributed by atoms with Crippen molar-refractivity contribution in [2.75, 3.05) is 13.3 Å². The first-order valence-electron chi connectivity index (χ1n) is 12.2. The first-order valence-corrected chi connectivity index (χ1v) is 14.1. The largest absolute Gasteiger partial charge is 0.481 e. The molecule has 0 bridgehead atoms. The second-order valence-corrected chi connectivity index (χ2v) is 11.6. The highest BCUT2D eigenvalue weighted by atomic mass is 31.2. The molecular weight excluding hydrogens is 492 g/mol. The number of hydrogen-bond donors (Lipinski definition) is 2. The van der Waals surface area contributed by atoms with Crippen LogP contribution in [-0.2, 0) is 20.3 Å². The fraction of sp³-hybridized carbons (Fsp3) is 0.310. The van der Waals surface area contributed by atoms with Crippen LogP contribution < -0.4 is 0 Å². The van der Waals surface area contributed by atoms with Crippen molar-refractivity contribution in [3.05, 3.63) is 83.1 Å². The van der Waals surface area contributed by atoms with Crippen molar-refractivity contribution in [2.45, 2.75) is 45.6 Å². The van der Waals surface area contributed by atoms with Gasteiger partial charge < -0.3 is 14.7 Å². The van der Waals surface area contributed by atoms with Gasteiger partial charge in [-0.1, -0.05) is 63.2 Å². The van der Waals surface area contributed by atoms with E-state index in [9.17, 15) is 18.9 Å². The van der Waals surface area contributed by atoms with E-state index >= 15 is 0 Å². The van der Waals surface area contributed by atoms with Crippen LogP contribution in [0.1, 0.15) is 49.9 Å². The molecule has 6 nitrogen and oxygen atoms in total. The van der Waals surface area contributed by atoms with E-state index in [1.807, 2.05) is 51.1 Å². The third-order valence-electron chi connectivity index (χ3n) is 6.10. The van der Waals surface area contributed by atoms with Gasteiger partial charge in [0, 0.05) is 24.1 Å². The number of nitrogens with zero attached hydrogens (tertiary/aromatic N) is 1. The third kappa shape index (κ3) is 7.01. The summed E-state index contributed by atoms with van der Waals surface area (Å²) < 4.78 is 32.6. The maximum atomic E-state index is 13.9. The molecule has 0 radical (unpaired) electrons. The van der Waals surface area contributed by atoms with Crippen LogP contribution in [0.25, 0.3) is 28.5 Å². The zero-order chi connectivity index (χ0) is 27.2. The van der Waals surface area contributed by atoms with Gasteiger partial charge in [-0.15, -0.1) is 0 Å². The molecular formula is C29H33FNO5P. The quantitative estimate of drug-likeness (QED) is 0.263. The van der Waals surface area contributed by atoms with Gasteiger partial charge in [0.1, 0.15) is 5.82 Å². The van der Waals surface area contributed by atoms with Gasteiger partial charge in [0.15, 0.2) is 0 Å². The van der Waals surface area contributed by atoms with Crippen molar-refractivity contribution in [1.29, 1.82) is 0 Å². The molecule has 196 valence electrons. The van der Waals surface area contributed by atoms with E-state index in [1.54, 1.807) is 18.2 Å². The first kappa shape index (κ1) is 28.5. The number of aromatic nitrogens is 1. The van der Waals surface area contributed by atoms with Gasteiger partial charge in [0.2, 0.25) is 7.37 Å². The average molecular weight is 526 g/mol. The van der Waals surface area contributed by atoms with Gasteiger partial charge in [-0.25, -0.2) is 4.39 Å². The van der Waals surface area contributed by atoms with Crippen molar-refractivity contribution in [3.63, 3.8) is 0 Å². The van der Waals surface area contributed by atoms with Crippen LogP contribution in [0.5, 0.6) is 0 Å². The van der Waals surface area contributed by atoms with E-state index in [0.29, 0.717) is 6.42 Å². The van der Waals surface area contributed by atoms with Crippen LogP contribution in [0.4, 0.5) is 4.39 Å². The minimum atomic E-state index is -3.52. The monoisotopic (exact) mass is 525 g/mol. The van der Waals surface area contributed by atoms with Crippen molar-refractivity contribution >= 4 is 19.4 Å². The summed E-state index contributed by atoms with van der Waals surface area (Å²) in [6.07, 6.45) is 0.145. The van der Waals surface area contributed by atoms with E-state index in [2.05, 4.69) is 0 Å². The molecule has 2 N–H and O–H groups in total. The van der Waals surface area contributed by atoms with Gasteiger partial charge in [0.25, 0.3) is 0 Å². The number of aliphatic hydroxyl groups is 1. The number of pyridine rings is 1. The fourth-order valence-electron chi connectivity index (χ4n) is 4.34. The summed E-state index contributed by atoms with van der Waals surface area (Å²) in [6, 6.07) is 16.1. The third-order valence-corrected chi connectivity index (χ3v) is 8.25. The van der Waals surface area contributed by atoms with Gasteiger partial charge >= 0.3 is 5.97 Å². The van der Waals surface area contributed by atoms with E-state index in [4.69, 9.17) is 14.6 Å². The Balaban J connectivity index is 2.29. The minimum absolute atomic E-state index is 0.00764. The van der Waals surface area contributed by atoms with Crippen LogP contribution in [-0.4, -0.2) is 40.5 Å². The number of aliphatic carboxylic acids is 1. The van der Waals surface area contributed by atoms with E-state index in [0.717, 1.165) is 39.2 Å². The number of carboxylic acid groups (broad SMARTS) is 1. The molecule has 0 aliphatic rings. The standard InChI is InChI=1S/C29H33FNO5P/c1-5-24-27(20-11-13-22(30)14-12-20)25(15-16-37(35,36-4)18-23(32)17-26(33)34)28(19(2)3)31-29(24)21-9-7-6-8-10-21/h6-16,19,23,32H,5,17-18H2,1-4H3,(H,33,34)/b16-15+/t23-,37?/m0/s1. The van der Waals surface area contributed by atoms with Crippen LogP contribution >= 0.6 is 7.37 Å². The van der Waals surface area contributed by atoms with E-state index in [1.165, 1.54) is 25.1 Å². The molecule has 0 spiro atoms. The van der Waals surface area contributed by atoms with E-state index < -0.39 is 25.9 Å². The van der Waals surface area contributed by atoms with Gasteiger partial charge in [-0.2, -0.15) is 0 Å². The summed E-state index contributed by atoms with van der Waals surface area (Å²) in [5.41, 5.74) is 5.88. The van der Waals surface area contributed by atoms with Crippen LogP contribution in [0, 0.1) is 5.82 Å². The Bertz CT molecular complexity index is 1310. The molecule has 0 aliphatic heterocycles. The smallest absolute Gasteiger partial charge is 0.305 e. The Kier molecular flexibility index (Phi) is 9.55. The second kappa shape index (κ2) is 12.4. The number of aliphatic hydroxyl groups excluding tert-OH is 1. The SMILES string of the molecule is CCc1c(-c2ccccc2)nc(C(C)C)c(/C=C/P(=O)(C[C@@H](O)CC(=O)O)OC)c1-c1ccc(F)cc1. The molecule has 3 rings (SSSR count). The van der Waals surface area contributed by atoms with Crippen molar-refractivity contribution in [3.8, 4) is 22.4 Å². The minimum Gasteiger partial charge on any atom is -0.481 e. The summed E-state index contributed by atoms with van der Waals surface area (Å²) in [4.78, 5) is 16.0. The Morgan fingerprint density at radius 1 is 1.11 bits per heavy atom. The highest BCUT2D eigenvalue weighted by molar-refractivity contribution is 7.62. The first-order chi connectivity index (χ1) is 17.6. The lowest BCUT2D eigenvalue weighted by Gasteiger charge is -2.22. The lowest BCUT2D eigenvalue weighted by atomic mass is 9.87. The number of benzene rings is 2. The maximum absolute atomic E-state index is 13.9. The molecule has 8 heteroatoms. The van der Waals surface area contributed by atoms with Gasteiger partial charge in [-0.3, -0.25) is 14.3 Å². The van der Waals surface area contributed by atoms with Crippen LogP contribution in [0.15, 0.2) is 60.4 Å². The summed E-state index contributed by atoms with van der Waals surface area (Å²) in [5, 5.41) is 19.1. The predicted molar refractivity (Wildman–Crippen MR) is 145 cm³/mol. The molecule has 0 amide bonds. The van der Waals surface area contributed by atoms with Crippen LogP contribution in [0.2, 0.25) is 0 Å². The normalized spacial score (nSPS) is 14.1. The molecule has 0 fully saturated rings. The second-order valence-electron chi connectivity index (χ2n) is 9.15. The predicted octanol–water partition coefficient (Wildman–Crippen LogP) is 6.97. The molecule has 2 atom stereocenters. The lowest BCUT2D eigenvalue weighted by Crippen LogP contribution is -2.17. The van der Waals surface area contributed by atoms with Crippen molar-refractivity contribution in [2.24, 2.45) is 0 Å². The zero-order valence-corrected chi connectivity index (χ0v) is 22.4. The molecule has 1 unspecified atom stereocenters. The summed E-state index contributed by atoms with van der Waals surface area (Å²) in [6.45, 7) is 6.06. The van der Waals surface area contributed by atoms with Crippen molar-refractivity contribution in [1.82, 2.24) is 4.98 Å². The highest BCUT2D eigenvalue weighted by Gasteiger charge is 2.26. The zero-order valence-electron chi connectivity index (χ0n) is 21.5. The summed E-state index contributed by atoms with van der Waals surface area (Å²) in [7, 11) is -2.25. The average Bonchev–Trinajstić information content (AvgIpc) is 2.87. The number of carbonyl (C=O) groups is 1. The molecule has 37 heavy (non-hydrogen) atoms. The number of hydrogen-bond acceptors (Lipinski definition) is 5. The summed E-state index contributed by atoms with van der Waals surface area (Å²) in [5.74, 6) is -0.133. The Morgan fingerprint density at radius 3 is 2.30 bits per heavy atom. The Morgan fingerprint density at radius 2 is 1.76 bits per heavy atom. The Hall–Kier alpha value is -3.12. The molecule has 2 aromatic carbocycles. The molecule has 0 aliphatic carbocycles. The molecule has 1 heterocycles. The molecule has 1 aromatic heterocycles. The van der Waals surface area contributed by atoms with Gasteiger partial charge in [-0.05, 0) is 47.2 Å². The highest BCUT2D eigenvalue weighted by Crippen LogP contribution is 2.50. The van der Waals surface area contributed by atoms with E-state index in [-0.39, 0.29) is 17.9 Å². The van der Waals surface area contributed by atoms with Crippen LogP contribution in [0.3, 0.4) is 0 Å². The number of carboxylic acids is 1. The molecule has 3 aromatic rings. The van der Waals surface area contributed by atoms with Gasteiger partial charge in [0.05, 0.1) is 30.1 Å².